The predicted octanol–water partition coefficient (Wildman–Crippen LogP) is 2.33. The van der Waals surface area contributed by atoms with Gasteiger partial charge in [0.05, 0.1) is 17.7 Å². The number of fused-ring (bicyclic) bond motifs is 1. The van der Waals surface area contributed by atoms with Crippen molar-refractivity contribution < 1.29 is 4.79 Å². The predicted molar refractivity (Wildman–Crippen MR) is 79.0 cm³/mol. The van der Waals surface area contributed by atoms with Crippen LogP contribution in [-0.4, -0.2) is 28.5 Å². The molecule has 2 N–H and O–H groups in total. The van der Waals surface area contributed by atoms with Crippen LogP contribution in [0.4, 0.5) is 5.69 Å². The average Bonchev–Trinajstić information content (AvgIpc) is 2.35. The molecule has 0 bridgehead atoms. The Labute approximate surface area is 120 Å². The molecule has 0 radical (unpaired) electrons. The lowest BCUT2D eigenvalue weighted by atomic mass is 10.3. The standard InChI is InChI=1S/C13H15BrN4O/c1-8(2)18-12(19)7-16-10-3-4-15-11-5-9(14)6-17-13(10)11/h3-6,8H,7H2,1-2H3,(H,15,16)(H,18,19). The lowest BCUT2D eigenvalue weighted by molar-refractivity contribution is -0.119. The molecular weight excluding hydrogens is 308 g/mol. The molecule has 0 spiro atoms. The Balaban J connectivity index is 2.15. The van der Waals surface area contributed by atoms with E-state index in [2.05, 4.69) is 36.5 Å². The van der Waals surface area contributed by atoms with Gasteiger partial charge in [-0.05, 0) is 41.9 Å². The van der Waals surface area contributed by atoms with Crippen molar-refractivity contribution in [1.82, 2.24) is 15.3 Å². The van der Waals surface area contributed by atoms with E-state index in [9.17, 15) is 4.79 Å². The minimum atomic E-state index is -0.0444. The van der Waals surface area contributed by atoms with Crippen molar-refractivity contribution in [1.29, 1.82) is 0 Å². The Morgan fingerprint density at radius 2 is 2.21 bits per heavy atom. The van der Waals surface area contributed by atoms with E-state index in [4.69, 9.17) is 0 Å². The third-order valence-electron chi connectivity index (χ3n) is 2.43. The monoisotopic (exact) mass is 322 g/mol. The molecule has 0 aliphatic heterocycles. The van der Waals surface area contributed by atoms with Crippen LogP contribution in [0.2, 0.25) is 0 Å². The van der Waals surface area contributed by atoms with Crippen molar-refractivity contribution in [3.8, 4) is 0 Å². The van der Waals surface area contributed by atoms with Crippen LogP contribution in [0.5, 0.6) is 0 Å². The number of halogens is 1. The van der Waals surface area contributed by atoms with Crippen LogP contribution in [0, 0.1) is 0 Å². The summed E-state index contributed by atoms with van der Waals surface area (Å²) in [6.45, 7) is 4.08. The number of carbonyl (C=O) groups is 1. The highest BCUT2D eigenvalue weighted by Crippen LogP contribution is 2.21. The molecule has 0 unspecified atom stereocenters. The van der Waals surface area contributed by atoms with Gasteiger partial charge in [0, 0.05) is 22.9 Å². The Hall–Kier alpha value is -1.69. The van der Waals surface area contributed by atoms with E-state index < -0.39 is 0 Å². The van der Waals surface area contributed by atoms with Crippen LogP contribution in [0.1, 0.15) is 13.8 Å². The zero-order chi connectivity index (χ0) is 13.8. The summed E-state index contributed by atoms with van der Waals surface area (Å²) in [7, 11) is 0. The zero-order valence-corrected chi connectivity index (χ0v) is 12.4. The molecule has 0 atom stereocenters. The third-order valence-corrected chi connectivity index (χ3v) is 2.87. The highest BCUT2D eigenvalue weighted by Gasteiger charge is 2.06. The van der Waals surface area contributed by atoms with E-state index >= 15 is 0 Å². The molecular formula is C13H15BrN4O. The number of hydrogen-bond acceptors (Lipinski definition) is 4. The molecule has 2 heterocycles. The van der Waals surface area contributed by atoms with Crippen molar-refractivity contribution in [3.05, 3.63) is 29.0 Å². The number of pyridine rings is 2. The SMILES string of the molecule is CC(C)NC(=O)CNc1ccnc2cc(Br)cnc12. The van der Waals surface area contributed by atoms with Crippen LogP contribution in [0.25, 0.3) is 11.0 Å². The van der Waals surface area contributed by atoms with E-state index in [-0.39, 0.29) is 18.5 Å². The quantitative estimate of drug-likeness (QED) is 0.906. The molecule has 19 heavy (non-hydrogen) atoms. The van der Waals surface area contributed by atoms with Gasteiger partial charge in [0.25, 0.3) is 0 Å². The van der Waals surface area contributed by atoms with Gasteiger partial charge >= 0.3 is 0 Å². The maximum atomic E-state index is 11.6. The minimum Gasteiger partial charge on any atom is -0.374 e. The first kappa shape index (κ1) is 13.7. The Kier molecular flexibility index (Phi) is 4.31. The van der Waals surface area contributed by atoms with Crippen molar-refractivity contribution in [2.24, 2.45) is 0 Å². The molecule has 100 valence electrons. The summed E-state index contributed by atoms with van der Waals surface area (Å²) in [6.07, 6.45) is 3.41. The summed E-state index contributed by atoms with van der Waals surface area (Å²) in [5.74, 6) is -0.0444. The maximum absolute atomic E-state index is 11.6. The number of carbonyl (C=O) groups excluding carboxylic acids is 1. The van der Waals surface area contributed by atoms with Gasteiger partial charge in [-0.1, -0.05) is 0 Å². The number of amides is 1. The van der Waals surface area contributed by atoms with Crippen LogP contribution >= 0.6 is 15.9 Å². The van der Waals surface area contributed by atoms with Gasteiger partial charge in [-0.25, -0.2) is 0 Å². The summed E-state index contributed by atoms with van der Waals surface area (Å²) < 4.78 is 0.877. The first-order chi connectivity index (χ1) is 9.06. The fraction of sp³-hybridized carbons (Fsp3) is 0.308. The Morgan fingerprint density at radius 1 is 1.42 bits per heavy atom. The molecule has 2 rings (SSSR count). The zero-order valence-electron chi connectivity index (χ0n) is 10.8. The first-order valence-corrected chi connectivity index (χ1v) is 6.79. The van der Waals surface area contributed by atoms with Crippen LogP contribution in [0.15, 0.2) is 29.0 Å². The second kappa shape index (κ2) is 5.97. The first-order valence-electron chi connectivity index (χ1n) is 6.00. The number of anilines is 1. The van der Waals surface area contributed by atoms with Crippen LogP contribution < -0.4 is 10.6 Å². The number of hydrogen-bond donors (Lipinski definition) is 2. The molecule has 0 aliphatic rings. The smallest absolute Gasteiger partial charge is 0.239 e. The van der Waals surface area contributed by atoms with Crippen molar-refractivity contribution in [3.63, 3.8) is 0 Å². The molecule has 0 aromatic carbocycles. The van der Waals surface area contributed by atoms with Crippen molar-refractivity contribution in [2.45, 2.75) is 19.9 Å². The summed E-state index contributed by atoms with van der Waals surface area (Å²) in [6, 6.07) is 3.84. The summed E-state index contributed by atoms with van der Waals surface area (Å²) in [4.78, 5) is 20.2. The molecule has 0 saturated heterocycles. The van der Waals surface area contributed by atoms with Gasteiger partial charge in [0.2, 0.25) is 5.91 Å². The van der Waals surface area contributed by atoms with Gasteiger partial charge in [0.15, 0.2) is 0 Å². The van der Waals surface area contributed by atoms with E-state index in [1.807, 2.05) is 26.0 Å². The maximum Gasteiger partial charge on any atom is 0.239 e. The van der Waals surface area contributed by atoms with E-state index in [0.717, 1.165) is 21.2 Å². The van der Waals surface area contributed by atoms with Gasteiger partial charge in [-0.3, -0.25) is 14.8 Å². The van der Waals surface area contributed by atoms with Crippen molar-refractivity contribution in [2.75, 3.05) is 11.9 Å². The van der Waals surface area contributed by atoms with E-state index in [1.54, 1.807) is 12.4 Å². The molecule has 0 fully saturated rings. The minimum absolute atomic E-state index is 0.0444. The van der Waals surface area contributed by atoms with E-state index in [0.29, 0.717) is 0 Å². The van der Waals surface area contributed by atoms with Gasteiger partial charge in [0.1, 0.15) is 5.52 Å². The molecule has 0 aliphatic carbocycles. The molecule has 2 aromatic rings. The molecule has 2 aromatic heterocycles. The van der Waals surface area contributed by atoms with Crippen molar-refractivity contribution >= 4 is 38.6 Å². The summed E-state index contributed by atoms with van der Waals surface area (Å²) in [5, 5.41) is 5.91. The second-order valence-electron chi connectivity index (χ2n) is 4.46. The third kappa shape index (κ3) is 3.64. The number of nitrogens with zero attached hydrogens (tertiary/aromatic N) is 2. The van der Waals surface area contributed by atoms with Crippen LogP contribution in [0.3, 0.4) is 0 Å². The number of aromatic nitrogens is 2. The molecule has 6 heteroatoms. The number of rotatable bonds is 4. The highest BCUT2D eigenvalue weighted by molar-refractivity contribution is 9.10. The molecule has 5 nitrogen and oxygen atoms in total. The molecule has 0 saturated carbocycles. The Bertz CT molecular complexity index is 600. The topological polar surface area (TPSA) is 66.9 Å². The van der Waals surface area contributed by atoms with Gasteiger partial charge in [-0.2, -0.15) is 0 Å². The van der Waals surface area contributed by atoms with Gasteiger partial charge in [-0.15, -0.1) is 0 Å². The fourth-order valence-corrected chi connectivity index (χ4v) is 2.02. The lowest BCUT2D eigenvalue weighted by Crippen LogP contribution is -2.34. The van der Waals surface area contributed by atoms with Crippen LogP contribution in [-0.2, 0) is 4.79 Å². The lowest BCUT2D eigenvalue weighted by Gasteiger charge is -2.11. The molecule has 1 amide bonds. The summed E-state index contributed by atoms with van der Waals surface area (Å²) in [5.41, 5.74) is 2.34. The Morgan fingerprint density at radius 3 is 2.95 bits per heavy atom. The largest absolute Gasteiger partial charge is 0.374 e. The fourth-order valence-electron chi connectivity index (χ4n) is 1.70. The average molecular weight is 323 g/mol. The second-order valence-corrected chi connectivity index (χ2v) is 5.37. The summed E-state index contributed by atoms with van der Waals surface area (Å²) >= 11 is 3.36. The van der Waals surface area contributed by atoms with E-state index in [1.165, 1.54) is 0 Å². The number of nitrogens with one attached hydrogen (secondary N) is 2. The van der Waals surface area contributed by atoms with Gasteiger partial charge < -0.3 is 10.6 Å². The normalized spacial score (nSPS) is 10.7. The highest BCUT2D eigenvalue weighted by atomic mass is 79.9.